The van der Waals surface area contributed by atoms with Crippen LogP contribution in [0.5, 0.6) is 0 Å². The van der Waals surface area contributed by atoms with Gasteiger partial charge in [-0.05, 0) is 39.0 Å². The Morgan fingerprint density at radius 1 is 1.40 bits per heavy atom. The fraction of sp³-hybridized carbons (Fsp3) is 0.364. The maximum Gasteiger partial charge on any atom is 0.274 e. The average molecular weight is 211 g/mol. The van der Waals surface area contributed by atoms with Gasteiger partial charge in [-0.1, -0.05) is 6.07 Å². The first kappa shape index (κ1) is 11.7. The molecule has 4 heteroatoms. The molecule has 3 nitrogen and oxygen atoms in total. The van der Waals surface area contributed by atoms with Crippen LogP contribution in [0.3, 0.4) is 0 Å². The molecule has 82 valence electrons. The van der Waals surface area contributed by atoms with Crippen molar-refractivity contribution in [2.24, 2.45) is 0 Å². The predicted molar refractivity (Wildman–Crippen MR) is 54.7 cm³/mol. The number of benzene rings is 1. The van der Waals surface area contributed by atoms with Gasteiger partial charge in [-0.3, -0.25) is 9.63 Å². The molecule has 0 saturated heterocycles. The zero-order valence-electron chi connectivity index (χ0n) is 9.00. The molecule has 0 atom stereocenters. The van der Waals surface area contributed by atoms with Crippen molar-refractivity contribution < 1.29 is 14.0 Å². The number of amides is 1. The molecule has 0 aliphatic carbocycles. The lowest BCUT2D eigenvalue weighted by molar-refractivity contribution is -0.0589. The summed E-state index contributed by atoms with van der Waals surface area (Å²) < 4.78 is 12.8. The molecule has 1 aromatic rings. The van der Waals surface area contributed by atoms with Gasteiger partial charge in [0.25, 0.3) is 5.91 Å². The van der Waals surface area contributed by atoms with Crippen LogP contribution in [0, 0.1) is 5.82 Å². The van der Waals surface area contributed by atoms with Crippen LogP contribution in [0.25, 0.3) is 0 Å². The average Bonchev–Trinajstić information content (AvgIpc) is 2.13. The molecule has 0 fully saturated rings. The lowest BCUT2D eigenvalue weighted by Gasteiger charge is -2.18. The minimum absolute atomic E-state index is 0.235. The van der Waals surface area contributed by atoms with Crippen molar-refractivity contribution in [3.63, 3.8) is 0 Å². The Morgan fingerprint density at radius 2 is 2.07 bits per heavy atom. The summed E-state index contributed by atoms with van der Waals surface area (Å²) in [5.74, 6) is -0.900. The van der Waals surface area contributed by atoms with Gasteiger partial charge in [0.1, 0.15) is 5.82 Å². The molecule has 1 rings (SSSR count). The summed E-state index contributed by atoms with van der Waals surface area (Å²) in [5.41, 5.74) is 2.03. The summed E-state index contributed by atoms with van der Waals surface area (Å²) in [5, 5.41) is 0. The molecule has 0 bridgehead atoms. The van der Waals surface area contributed by atoms with Crippen LogP contribution in [0.15, 0.2) is 24.3 Å². The highest BCUT2D eigenvalue weighted by Crippen LogP contribution is 2.06. The molecule has 0 heterocycles. The summed E-state index contributed by atoms with van der Waals surface area (Å²) in [6, 6.07) is 5.43. The number of halogens is 1. The summed E-state index contributed by atoms with van der Waals surface area (Å²) in [6.07, 6.45) is 0. The maximum absolute atomic E-state index is 12.8. The zero-order chi connectivity index (χ0) is 11.5. The molecule has 0 aliphatic heterocycles. The largest absolute Gasteiger partial charge is 0.274 e. The number of carbonyl (C=O) groups is 1. The van der Waals surface area contributed by atoms with Gasteiger partial charge in [0.15, 0.2) is 0 Å². The molecule has 0 spiro atoms. The van der Waals surface area contributed by atoms with Crippen molar-refractivity contribution in [3.05, 3.63) is 35.6 Å². The summed E-state index contributed by atoms with van der Waals surface area (Å²) in [4.78, 5) is 16.5. The first-order valence-electron chi connectivity index (χ1n) is 4.62. The topological polar surface area (TPSA) is 38.3 Å². The van der Waals surface area contributed by atoms with E-state index in [2.05, 4.69) is 5.48 Å². The van der Waals surface area contributed by atoms with E-state index in [0.29, 0.717) is 0 Å². The second-order valence-electron chi connectivity index (χ2n) is 4.16. The van der Waals surface area contributed by atoms with E-state index in [9.17, 15) is 9.18 Å². The third kappa shape index (κ3) is 4.08. The molecule has 15 heavy (non-hydrogen) atoms. The molecule has 0 radical (unpaired) electrons. The third-order valence-corrected chi connectivity index (χ3v) is 1.54. The van der Waals surface area contributed by atoms with Gasteiger partial charge in [-0.2, -0.15) is 0 Å². The summed E-state index contributed by atoms with van der Waals surface area (Å²) in [7, 11) is 0. The minimum atomic E-state index is -0.469. The van der Waals surface area contributed by atoms with E-state index < -0.39 is 17.3 Å². The molecule has 0 aromatic heterocycles. The minimum Gasteiger partial charge on any atom is -0.268 e. The highest BCUT2D eigenvalue weighted by molar-refractivity contribution is 5.93. The number of carbonyl (C=O) groups excluding carboxylic acids is 1. The first-order chi connectivity index (χ1) is 6.88. The second-order valence-corrected chi connectivity index (χ2v) is 4.16. The number of hydroxylamine groups is 1. The zero-order valence-corrected chi connectivity index (χ0v) is 9.00. The molecule has 0 unspecified atom stereocenters. The Morgan fingerprint density at radius 3 is 2.60 bits per heavy atom. The number of nitrogens with one attached hydrogen (secondary N) is 1. The maximum atomic E-state index is 12.8. The molecule has 1 aromatic carbocycles. The highest BCUT2D eigenvalue weighted by Gasteiger charge is 2.13. The second kappa shape index (κ2) is 4.40. The van der Waals surface area contributed by atoms with Crippen molar-refractivity contribution in [2.45, 2.75) is 26.4 Å². The van der Waals surface area contributed by atoms with E-state index in [0.717, 1.165) is 6.07 Å². The fourth-order valence-electron chi connectivity index (χ4n) is 0.888. The Balaban J connectivity index is 2.62. The monoisotopic (exact) mass is 211 g/mol. The van der Waals surface area contributed by atoms with E-state index in [1.807, 2.05) is 0 Å². The van der Waals surface area contributed by atoms with E-state index in [4.69, 9.17) is 4.84 Å². The standard InChI is InChI=1S/C11H14FNO2/c1-11(2,3)15-13-10(14)8-5-4-6-9(12)7-8/h4-7H,1-3H3,(H,13,14). The third-order valence-electron chi connectivity index (χ3n) is 1.54. The van der Waals surface area contributed by atoms with Crippen molar-refractivity contribution >= 4 is 5.91 Å². The van der Waals surface area contributed by atoms with Crippen LogP contribution in [0.4, 0.5) is 4.39 Å². The van der Waals surface area contributed by atoms with Crippen LogP contribution < -0.4 is 5.48 Å². The van der Waals surface area contributed by atoms with Crippen LogP contribution in [0.2, 0.25) is 0 Å². The Kier molecular flexibility index (Phi) is 3.42. The van der Waals surface area contributed by atoms with Gasteiger partial charge in [0.05, 0.1) is 5.60 Å². The van der Waals surface area contributed by atoms with E-state index in [-0.39, 0.29) is 5.56 Å². The Bertz CT molecular complexity index is 358. The molecule has 1 amide bonds. The Hall–Kier alpha value is -1.42. The van der Waals surface area contributed by atoms with Crippen LogP contribution in [0.1, 0.15) is 31.1 Å². The van der Waals surface area contributed by atoms with Crippen molar-refractivity contribution in [3.8, 4) is 0 Å². The molecule has 1 N–H and O–H groups in total. The van der Waals surface area contributed by atoms with Gasteiger partial charge in [0.2, 0.25) is 0 Å². The predicted octanol–water partition coefficient (Wildman–Crippen LogP) is 2.29. The lowest BCUT2D eigenvalue weighted by atomic mass is 10.2. The fourth-order valence-corrected chi connectivity index (χ4v) is 0.888. The van der Waals surface area contributed by atoms with Crippen molar-refractivity contribution in [1.29, 1.82) is 0 Å². The molecular weight excluding hydrogens is 197 g/mol. The van der Waals surface area contributed by atoms with Gasteiger partial charge in [-0.25, -0.2) is 9.87 Å². The quantitative estimate of drug-likeness (QED) is 0.762. The first-order valence-corrected chi connectivity index (χ1v) is 4.62. The Labute approximate surface area is 88.2 Å². The summed E-state index contributed by atoms with van der Waals surface area (Å²) in [6.45, 7) is 5.41. The lowest BCUT2D eigenvalue weighted by Crippen LogP contribution is -2.33. The van der Waals surface area contributed by atoms with E-state index in [1.165, 1.54) is 18.2 Å². The van der Waals surface area contributed by atoms with Gasteiger partial charge >= 0.3 is 0 Å². The van der Waals surface area contributed by atoms with E-state index >= 15 is 0 Å². The van der Waals surface area contributed by atoms with Crippen LogP contribution >= 0.6 is 0 Å². The van der Waals surface area contributed by atoms with Crippen LogP contribution in [-0.2, 0) is 4.84 Å². The summed E-state index contributed by atoms with van der Waals surface area (Å²) >= 11 is 0. The normalized spacial score (nSPS) is 11.2. The van der Waals surface area contributed by atoms with Crippen molar-refractivity contribution in [1.82, 2.24) is 5.48 Å². The number of hydrogen-bond donors (Lipinski definition) is 1. The highest BCUT2D eigenvalue weighted by atomic mass is 19.1. The molecule has 0 saturated carbocycles. The van der Waals surface area contributed by atoms with Gasteiger partial charge in [-0.15, -0.1) is 0 Å². The number of rotatable bonds is 2. The van der Waals surface area contributed by atoms with Crippen molar-refractivity contribution in [2.75, 3.05) is 0 Å². The molecular formula is C11H14FNO2. The van der Waals surface area contributed by atoms with E-state index in [1.54, 1.807) is 20.8 Å². The van der Waals surface area contributed by atoms with Crippen LogP contribution in [-0.4, -0.2) is 11.5 Å². The smallest absolute Gasteiger partial charge is 0.268 e. The van der Waals surface area contributed by atoms with Gasteiger partial charge < -0.3 is 0 Å². The SMILES string of the molecule is CC(C)(C)ONC(=O)c1cccc(F)c1. The van der Waals surface area contributed by atoms with Gasteiger partial charge in [0, 0.05) is 5.56 Å². The molecule has 0 aliphatic rings. The number of hydrogen-bond acceptors (Lipinski definition) is 2.